The molecule has 0 aliphatic rings. The molecule has 18 heavy (non-hydrogen) atoms. The van der Waals surface area contributed by atoms with Crippen LogP contribution in [0.4, 0.5) is 0 Å². The summed E-state index contributed by atoms with van der Waals surface area (Å²) in [4.78, 5) is 4.68. The Labute approximate surface area is 113 Å². The van der Waals surface area contributed by atoms with E-state index in [0.717, 1.165) is 28.4 Å². The maximum Gasteiger partial charge on any atom is 0.124 e. The topological polar surface area (TPSA) is 29.9 Å². The molecule has 98 valence electrons. The summed E-state index contributed by atoms with van der Waals surface area (Å²) in [6.07, 6.45) is 0. The molecule has 0 saturated carbocycles. The first-order valence-corrected chi connectivity index (χ1v) is 6.76. The number of nitrogens with zero attached hydrogens (tertiary/aromatic N) is 2. The van der Waals surface area contributed by atoms with E-state index in [4.69, 9.17) is 11.6 Å². The minimum atomic E-state index is 0.389. The standard InChI is InChI=1S/C14H20ClN3/c1-9(2)16-8-14-17-12-7-11(15)5-6-13(12)18(14)10(3)4/h5-7,9-10,16H,8H2,1-4H3. The van der Waals surface area contributed by atoms with Crippen LogP contribution in [-0.2, 0) is 6.54 Å². The zero-order valence-electron chi connectivity index (χ0n) is 11.4. The van der Waals surface area contributed by atoms with E-state index in [1.165, 1.54) is 0 Å². The Bertz CT molecular complexity index is 543. The zero-order chi connectivity index (χ0) is 13.3. The first-order chi connectivity index (χ1) is 8.49. The summed E-state index contributed by atoms with van der Waals surface area (Å²) >= 11 is 6.02. The fraction of sp³-hybridized carbons (Fsp3) is 0.500. The minimum absolute atomic E-state index is 0.389. The van der Waals surface area contributed by atoms with Crippen LogP contribution in [-0.4, -0.2) is 15.6 Å². The van der Waals surface area contributed by atoms with Crippen molar-refractivity contribution in [3.8, 4) is 0 Å². The Balaban J connectivity index is 2.47. The van der Waals surface area contributed by atoms with Gasteiger partial charge in [0.05, 0.1) is 17.6 Å². The van der Waals surface area contributed by atoms with E-state index in [9.17, 15) is 0 Å². The molecular formula is C14H20ClN3. The highest BCUT2D eigenvalue weighted by atomic mass is 35.5. The number of imidazole rings is 1. The van der Waals surface area contributed by atoms with Crippen molar-refractivity contribution in [1.29, 1.82) is 0 Å². The molecule has 1 N–H and O–H groups in total. The fourth-order valence-corrected chi connectivity index (χ4v) is 2.28. The molecule has 0 bridgehead atoms. The van der Waals surface area contributed by atoms with Crippen LogP contribution in [0.3, 0.4) is 0 Å². The van der Waals surface area contributed by atoms with Crippen molar-refractivity contribution in [1.82, 2.24) is 14.9 Å². The second-order valence-electron chi connectivity index (χ2n) is 5.16. The molecule has 0 fully saturated rings. The monoisotopic (exact) mass is 265 g/mol. The van der Waals surface area contributed by atoms with Gasteiger partial charge in [-0.1, -0.05) is 25.4 Å². The Hall–Kier alpha value is -1.06. The molecule has 4 heteroatoms. The molecule has 1 aromatic heterocycles. The quantitative estimate of drug-likeness (QED) is 0.912. The lowest BCUT2D eigenvalue weighted by molar-refractivity contribution is 0.524. The lowest BCUT2D eigenvalue weighted by Gasteiger charge is -2.14. The van der Waals surface area contributed by atoms with E-state index in [1.807, 2.05) is 18.2 Å². The average Bonchev–Trinajstić information content (AvgIpc) is 2.63. The van der Waals surface area contributed by atoms with Crippen LogP contribution in [0.1, 0.15) is 39.6 Å². The maximum atomic E-state index is 6.02. The molecule has 1 aromatic carbocycles. The summed E-state index contributed by atoms with van der Waals surface area (Å²) in [6.45, 7) is 9.41. The molecule has 0 atom stereocenters. The van der Waals surface area contributed by atoms with Gasteiger partial charge in [0.1, 0.15) is 5.82 Å². The van der Waals surface area contributed by atoms with Crippen LogP contribution in [0.25, 0.3) is 11.0 Å². The van der Waals surface area contributed by atoms with Gasteiger partial charge in [-0.3, -0.25) is 0 Å². The predicted octanol–water partition coefficient (Wildman–Crippen LogP) is 3.77. The largest absolute Gasteiger partial charge is 0.324 e. The fourth-order valence-electron chi connectivity index (χ4n) is 2.12. The molecule has 0 radical (unpaired) electrons. The number of fused-ring (bicyclic) bond motifs is 1. The van der Waals surface area contributed by atoms with Crippen molar-refractivity contribution in [3.05, 3.63) is 29.0 Å². The lowest BCUT2D eigenvalue weighted by atomic mass is 10.3. The van der Waals surface area contributed by atoms with Gasteiger partial charge in [-0.05, 0) is 32.0 Å². The van der Waals surface area contributed by atoms with Gasteiger partial charge >= 0.3 is 0 Å². The molecule has 2 rings (SSSR count). The summed E-state index contributed by atoms with van der Waals surface area (Å²) in [5.41, 5.74) is 2.12. The summed E-state index contributed by atoms with van der Waals surface area (Å²) in [5.74, 6) is 1.07. The van der Waals surface area contributed by atoms with Crippen molar-refractivity contribution >= 4 is 22.6 Å². The molecule has 0 unspecified atom stereocenters. The highest BCUT2D eigenvalue weighted by molar-refractivity contribution is 6.31. The number of benzene rings is 1. The highest BCUT2D eigenvalue weighted by Gasteiger charge is 2.13. The van der Waals surface area contributed by atoms with Crippen LogP contribution in [0.15, 0.2) is 18.2 Å². The number of hydrogen-bond acceptors (Lipinski definition) is 2. The molecule has 1 heterocycles. The smallest absolute Gasteiger partial charge is 0.124 e. The lowest BCUT2D eigenvalue weighted by Crippen LogP contribution is -2.24. The Morgan fingerprint density at radius 2 is 2.00 bits per heavy atom. The molecule has 3 nitrogen and oxygen atoms in total. The summed E-state index contributed by atoms with van der Waals surface area (Å²) in [7, 11) is 0. The van der Waals surface area contributed by atoms with Gasteiger partial charge < -0.3 is 9.88 Å². The molecule has 0 saturated heterocycles. The third kappa shape index (κ3) is 2.68. The number of nitrogens with one attached hydrogen (secondary N) is 1. The number of rotatable bonds is 4. The van der Waals surface area contributed by atoms with E-state index in [2.05, 4.69) is 42.6 Å². The van der Waals surface area contributed by atoms with Crippen molar-refractivity contribution in [2.45, 2.75) is 46.3 Å². The maximum absolute atomic E-state index is 6.02. The van der Waals surface area contributed by atoms with E-state index in [1.54, 1.807) is 0 Å². The molecule has 0 aliphatic carbocycles. The first-order valence-electron chi connectivity index (χ1n) is 6.38. The van der Waals surface area contributed by atoms with Crippen LogP contribution < -0.4 is 5.32 Å². The van der Waals surface area contributed by atoms with E-state index in [0.29, 0.717) is 12.1 Å². The first kappa shape index (κ1) is 13.4. The Kier molecular flexibility index (Phi) is 3.93. The van der Waals surface area contributed by atoms with Gasteiger partial charge in [0.25, 0.3) is 0 Å². The Morgan fingerprint density at radius 1 is 1.28 bits per heavy atom. The van der Waals surface area contributed by atoms with Gasteiger partial charge in [0, 0.05) is 17.1 Å². The van der Waals surface area contributed by atoms with Crippen molar-refractivity contribution in [2.75, 3.05) is 0 Å². The minimum Gasteiger partial charge on any atom is -0.324 e. The molecule has 0 spiro atoms. The van der Waals surface area contributed by atoms with Crippen LogP contribution in [0, 0.1) is 0 Å². The van der Waals surface area contributed by atoms with E-state index in [-0.39, 0.29) is 0 Å². The van der Waals surface area contributed by atoms with Crippen LogP contribution in [0.5, 0.6) is 0 Å². The third-order valence-electron chi connectivity index (χ3n) is 2.91. The SMILES string of the molecule is CC(C)NCc1nc2cc(Cl)ccc2n1C(C)C. The van der Waals surface area contributed by atoms with Crippen LogP contribution in [0.2, 0.25) is 5.02 Å². The van der Waals surface area contributed by atoms with Gasteiger partial charge in [-0.15, -0.1) is 0 Å². The summed E-state index contributed by atoms with van der Waals surface area (Å²) in [5, 5.41) is 4.15. The number of halogens is 1. The molecule has 0 aliphatic heterocycles. The predicted molar refractivity (Wildman–Crippen MR) is 77.1 cm³/mol. The van der Waals surface area contributed by atoms with Gasteiger partial charge in [-0.25, -0.2) is 4.98 Å². The second kappa shape index (κ2) is 5.29. The number of hydrogen-bond donors (Lipinski definition) is 1. The van der Waals surface area contributed by atoms with Crippen LogP contribution >= 0.6 is 11.6 Å². The van der Waals surface area contributed by atoms with Crippen molar-refractivity contribution in [3.63, 3.8) is 0 Å². The van der Waals surface area contributed by atoms with Crippen molar-refractivity contribution in [2.24, 2.45) is 0 Å². The molecule has 2 aromatic rings. The Morgan fingerprint density at radius 3 is 2.61 bits per heavy atom. The highest BCUT2D eigenvalue weighted by Crippen LogP contribution is 2.23. The van der Waals surface area contributed by atoms with E-state index < -0.39 is 0 Å². The van der Waals surface area contributed by atoms with Crippen molar-refractivity contribution < 1.29 is 0 Å². The van der Waals surface area contributed by atoms with Gasteiger partial charge in [-0.2, -0.15) is 0 Å². The zero-order valence-corrected chi connectivity index (χ0v) is 12.1. The number of aromatic nitrogens is 2. The average molecular weight is 266 g/mol. The summed E-state index contributed by atoms with van der Waals surface area (Å²) in [6, 6.07) is 6.73. The molecular weight excluding hydrogens is 246 g/mol. The normalized spacial score (nSPS) is 11.9. The third-order valence-corrected chi connectivity index (χ3v) is 3.14. The molecule has 0 amide bonds. The summed E-state index contributed by atoms with van der Waals surface area (Å²) < 4.78 is 2.26. The van der Waals surface area contributed by atoms with E-state index >= 15 is 0 Å². The van der Waals surface area contributed by atoms with Gasteiger partial charge in [0.15, 0.2) is 0 Å². The second-order valence-corrected chi connectivity index (χ2v) is 5.60. The van der Waals surface area contributed by atoms with Gasteiger partial charge in [0.2, 0.25) is 0 Å².